The minimum absolute atomic E-state index is 1.09. The van der Waals surface area contributed by atoms with E-state index in [0.29, 0.717) is 0 Å². The lowest BCUT2D eigenvalue weighted by Gasteiger charge is -2.34. The molecule has 0 radical (unpaired) electrons. The highest BCUT2D eigenvalue weighted by molar-refractivity contribution is 9.10. The number of hydrogen-bond acceptors (Lipinski definition) is 3. The average Bonchev–Trinajstić information content (AvgIpc) is 2.20. The maximum atomic E-state index is 4.07. The van der Waals surface area contributed by atoms with Gasteiger partial charge in [-0.2, -0.15) is 0 Å². The van der Waals surface area contributed by atoms with Crippen LogP contribution in [0.25, 0.3) is 0 Å². The summed E-state index contributed by atoms with van der Waals surface area (Å²) >= 11 is 3.53. The summed E-state index contributed by atoms with van der Waals surface area (Å²) in [5, 5.41) is 0. The van der Waals surface area contributed by atoms with Gasteiger partial charge in [0.05, 0.1) is 10.2 Å². The molecule has 4 heteroatoms. The van der Waals surface area contributed by atoms with Crippen LogP contribution in [0.2, 0.25) is 0 Å². The Morgan fingerprint density at radius 1 is 1.29 bits per heavy atom. The maximum Gasteiger partial charge on any atom is 0.0592 e. The SMILES string of the molecule is CN1CCN(c2ccncc2Br)CC1. The Balaban J connectivity index is 2.12. The first kappa shape index (κ1) is 9.93. The summed E-state index contributed by atoms with van der Waals surface area (Å²) < 4.78 is 1.09. The lowest BCUT2D eigenvalue weighted by Crippen LogP contribution is -2.44. The van der Waals surface area contributed by atoms with Crippen molar-refractivity contribution >= 4 is 21.6 Å². The van der Waals surface area contributed by atoms with Crippen LogP contribution in [-0.2, 0) is 0 Å². The van der Waals surface area contributed by atoms with Gasteiger partial charge in [-0.3, -0.25) is 4.98 Å². The molecule has 1 aliphatic heterocycles. The van der Waals surface area contributed by atoms with Crippen LogP contribution in [0.5, 0.6) is 0 Å². The van der Waals surface area contributed by atoms with E-state index in [-0.39, 0.29) is 0 Å². The molecule has 1 aromatic heterocycles. The van der Waals surface area contributed by atoms with Gasteiger partial charge in [-0.25, -0.2) is 0 Å². The normalized spacial score (nSPS) is 18.6. The topological polar surface area (TPSA) is 19.4 Å². The highest BCUT2D eigenvalue weighted by Gasteiger charge is 2.15. The number of pyridine rings is 1. The van der Waals surface area contributed by atoms with Crippen LogP contribution in [0, 0.1) is 0 Å². The Morgan fingerprint density at radius 3 is 2.64 bits per heavy atom. The number of halogens is 1. The number of piperazine rings is 1. The third kappa shape index (κ3) is 2.07. The highest BCUT2D eigenvalue weighted by atomic mass is 79.9. The van der Waals surface area contributed by atoms with Gasteiger partial charge in [-0.05, 0) is 29.0 Å². The summed E-state index contributed by atoms with van der Waals surface area (Å²) in [6, 6.07) is 2.06. The molecular formula is C10H14BrN3. The second-order valence-corrected chi connectivity index (χ2v) is 4.47. The van der Waals surface area contributed by atoms with Crippen LogP contribution in [0.1, 0.15) is 0 Å². The van der Waals surface area contributed by atoms with Crippen LogP contribution in [0.4, 0.5) is 5.69 Å². The molecule has 0 aliphatic carbocycles. The van der Waals surface area contributed by atoms with Crippen molar-refractivity contribution in [2.75, 3.05) is 38.1 Å². The molecule has 1 saturated heterocycles. The highest BCUT2D eigenvalue weighted by Crippen LogP contribution is 2.25. The van der Waals surface area contributed by atoms with Gasteiger partial charge in [0.25, 0.3) is 0 Å². The molecular weight excluding hydrogens is 242 g/mol. The molecule has 0 atom stereocenters. The van der Waals surface area contributed by atoms with Crippen molar-refractivity contribution in [3.05, 3.63) is 22.9 Å². The van der Waals surface area contributed by atoms with Crippen molar-refractivity contribution in [1.29, 1.82) is 0 Å². The molecule has 2 heterocycles. The lowest BCUT2D eigenvalue weighted by atomic mass is 10.3. The fraction of sp³-hybridized carbons (Fsp3) is 0.500. The second-order valence-electron chi connectivity index (χ2n) is 3.62. The predicted molar refractivity (Wildman–Crippen MR) is 61.6 cm³/mol. The fourth-order valence-electron chi connectivity index (χ4n) is 1.67. The maximum absolute atomic E-state index is 4.07. The Hall–Kier alpha value is -0.610. The number of nitrogens with zero attached hydrogens (tertiary/aromatic N) is 3. The fourth-order valence-corrected chi connectivity index (χ4v) is 2.17. The summed E-state index contributed by atoms with van der Waals surface area (Å²) in [6.07, 6.45) is 3.70. The zero-order valence-corrected chi connectivity index (χ0v) is 9.87. The molecule has 3 nitrogen and oxygen atoms in total. The Morgan fingerprint density at radius 2 is 2.00 bits per heavy atom. The van der Waals surface area contributed by atoms with Crippen molar-refractivity contribution in [3.8, 4) is 0 Å². The van der Waals surface area contributed by atoms with Gasteiger partial charge in [0.15, 0.2) is 0 Å². The molecule has 0 amide bonds. The molecule has 1 aromatic rings. The van der Waals surface area contributed by atoms with Crippen LogP contribution in [0.15, 0.2) is 22.9 Å². The van der Waals surface area contributed by atoms with Gasteiger partial charge in [0.1, 0.15) is 0 Å². The lowest BCUT2D eigenvalue weighted by molar-refractivity contribution is 0.312. The van der Waals surface area contributed by atoms with Gasteiger partial charge in [0, 0.05) is 38.6 Å². The molecule has 1 aliphatic rings. The first-order chi connectivity index (χ1) is 6.77. The third-order valence-electron chi connectivity index (χ3n) is 2.60. The van der Waals surface area contributed by atoms with Crippen molar-refractivity contribution < 1.29 is 0 Å². The van der Waals surface area contributed by atoms with E-state index in [2.05, 4.69) is 43.8 Å². The Labute approximate surface area is 92.9 Å². The van der Waals surface area contributed by atoms with Crippen LogP contribution in [0.3, 0.4) is 0 Å². The number of aromatic nitrogens is 1. The first-order valence-corrected chi connectivity index (χ1v) is 5.59. The summed E-state index contributed by atoms with van der Waals surface area (Å²) in [6.45, 7) is 4.46. The van der Waals surface area contributed by atoms with Crippen molar-refractivity contribution in [2.24, 2.45) is 0 Å². The molecule has 0 aromatic carbocycles. The summed E-state index contributed by atoms with van der Waals surface area (Å²) in [5.74, 6) is 0. The predicted octanol–water partition coefficient (Wildman–Crippen LogP) is 1.60. The van der Waals surface area contributed by atoms with Crippen molar-refractivity contribution in [3.63, 3.8) is 0 Å². The van der Waals surface area contributed by atoms with Gasteiger partial charge < -0.3 is 9.80 Å². The van der Waals surface area contributed by atoms with Gasteiger partial charge in [-0.15, -0.1) is 0 Å². The minimum Gasteiger partial charge on any atom is -0.368 e. The first-order valence-electron chi connectivity index (χ1n) is 4.80. The molecule has 0 unspecified atom stereocenters. The standard InChI is InChI=1S/C10H14BrN3/c1-13-4-6-14(7-5-13)10-2-3-12-8-9(10)11/h2-3,8H,4-7H2,1H3. The molecule has 14 heavy (non-hydrogen) atoms. The Kier molecular flexibility index (Phi) is 3.03. The molecule has 0 spiro atoms. The smallest absolute Gasteiger partial charge is 0.0592 e. The quantitative estimate of drug-likeness (QED) is 0.760. The van der Waals surface area contributed by atoms with Crippen LogP contribution in [-0.4, -0.2) is 43.1 Å². The summed E-state index contributed by atoms with van der Waals surface area (Å²) in [4.78, 5) is 8.82. The zero-order valence-electron chi connectivity index (χ0n) is 8.28. The van der Waals surface area contributed by atoms with E-state index in [1.54, 1.807) is 0 Å². The Bertz CT molecular complexity index is 308. The number of likely N-dealkylation sites (N-methyl/N-ethyl adjacent to an activating group) is 1. The summed E-state index contributed by atoms with van der Waals surface area (Å²) in [7, 11) is 2.17. The molecule has 1 fully saturated rings. The molecule has 76 valence electrons. The minimum atomic E-state index is 1.09. The summed E-state index contributed by atoms with van der Waals surface area (Å²) in [5.41, 5.74) is 1.26. The largest absolute Gasteiger partial charge is 0.368 e. The van der Waals surface area contributed by atoms with Gasteiger partial charge in [-0.1, -0.05) is 0 Å². The molecule has 0 bridgehead atoms. The van der Waals surface area contributed by atoms with E-state index in [4.69, 9.17) is 0 Å². The van der Waals surface area contributed by atoms with Crippen molar-refractivity contribution in [2.45, 2.75) is 0 Å². The van der Waals surface area contributed by atoms with Gasteiger partial charge in [0.2, 0.25) is 0 Å². The van der Waals surface area contributed by atoms with Crippen LogP contribution >= 0.6 is 15.9 Å². The third-order valence-corrected chi connectivity index (χ3v) is 3.21. The van der Waals surface area contributed by atoms with E-state index in [9.17, 15) is 0 Å². The van der Waals surface area contributed by atoms with Crippen molar-refractivity contribution in [1.82, 2.24) is 9.88 Å². The second kappa shape index (κ2) is 4.28. The molecule has 0 saturated carbocycles. The number of rotatable bonds is 1. The number of hydrogen-bond donors (Lipinski definition) is 0. The molecule has 0 N–H and O–H groups in total. The monoisotopic (exact) mass is 255 g/mol. The number of anilines is 1. The zero-order chi connectivity index (χ0) is 9.97. The van der Waals surface area contributed by atoms with E-state index in [1.807, 2.05) is 12.4 Å². The van der Waals surface area contributed by atoms with E-state index in [0.717, 1.165) is 30.7 Å². The molecule has 2 rings (SSSR count). The van der Waals surface area contributed by atoms with E-state index in [1.165, 1.54) is 5.69 Å². The van der Waals surface area contributed by atoms with E-state index < -0.39 is 0 Å². The van der Waals surface area contributed by atoms with Crippen LogP contribution < -0.4 is 4.90 Å². The van der Waals surface area contributed by atoms with Gasteiger partial charge >= 0.3 is 0 Å². The average molecular weight is 256 g/mol. The van der Waals surface area contributed by atoms with E-state index >= 15 is 0 Å².